The van der Waals surface area contributed by atoms with E-state index in [4.69, 9.17) is 11.6 Å². The van der Waals surface area contributed by atoms with Crippen molar-refractivity contribution >= 4 is 39.9 Å². The van der Waals surface area contributed by atoms with Gasteiger partial charge in [-0.1, -0.05) is 29.8 Å². The summed E-state index contributed by atoms with van der Waals surface area (Å²) in [6.07, 6.45) is 8.39. The number of carbonyl (C=O) groups is 1. The third-order valence-corrected chi connectivity index (χ3v) is 7.91. The minimum Gasteiger partial charge on any atom is -0.391 e. The lowest BCUT2D eigenvalue weighted by Crippen LogP contribution is -2.43. The SMILES string of the molecule is O=C1CC=CC=C1Cn1c(=O)nc(Nc2cc3cn([C@H]4CCC[C@@H]4O)nc3cc2Cl)n(Cc2cc(F)c(F)c(F)c2)c1=O. The number of nitrogens with zero attached hydrogens (tertiary/aromatic N) is 5. The molecule has 4 aromatic rings. The van der Waals surface area contributed by atoms with Crippen LogP contribution in [0.4, 0.5) is 24.8 Å². The standard InChI is InChI=1S/C29H24ClF3N6O4/c30-18-11-21-17(14-39(36-21)23-5-3-7-25(23)41)10-22(18)34-27-35-28(42)38(13-16-4-1-2-6-24(16)40)29(43)37(27)12-15-8-19(31)26(33)20(32)9-15/h1-2,4,8-11,14,23,25,41H,3,5-7,12-13H2,(H,34,35,42)/t23-,25-/m0/s1. The van der Waals surface area contributed by atoms with E-state index in [1.165, 1.54) is 6.08 Å². The highest BCUT2D eigenvalue weighted by atomic mass is 35.5. The molecule has 222 valence electrons. The fourth-order valence-electron chi connectivity index (χ4n) is 5.36. The lowest BCUT2D eigenvalue weighted by atomic mass is 10.0. The molecule has 1 saturated carbocycles. The van der Waals surface area contributed by atoms with E-state index >= 15 is 0 Å². The van der Waals surface area contributed by atoms with Gasteiger partial charge in [0.2, 0.25) is 5.95 Å². The summed E-state index contributed by atoms with van der Waals surface area (Å²) in [4.78, 5) is 43.1. The van der Waals surface area contributed by atoms with Crippen LogP contribution in [0.25, 0.3) is 10.9 Å². The van der Waals surface area contributed by atoms with E-state index in [0.29, 0.717) is 17.3 Å². The average Bonchev–Trinajstić information content (AvgIpc) is 3.58. The summed E-state index contributed by atoms with van der Waals surface area (Å²) < 4.78 is 45.1. The van der Waals surface area contributed by atoms with Crippen LogP contribution in [0.3, 0.4) is 0 Å². The highest BCUT2D eigenvalue weighted by molar-refractivity contribution is 6.34. The van der Waals surface area contributed by atoms with E-state index in [1.54, 1.807) is 35.2 Å². The summed E-state index contributed by atoms with van der Waals surface area (Å²) in [7, 11) is 0. The number of carbonyl (C=O) groups excluding carboxylic acids is 1. The predicted octanol–water partition coefficient (Wildman–Crippen LogP) is 4.16. The smallest absolute Gasteiger partial charge is 0.355 e. The van der Waals surface area contributed by atoms with Gasteiger partial charge in [-0.2, -0.15) is 10.1 Å². The second-order valence-corrected chi connectivity index (χ2v) is 10.9. The van der Waals surface area contributed by atoms with Crippen molar-refractivity contribution in [1.82, 2.24) is 23.9 Å². The summed E-state index contributed by atoms with van der Waals surface area (Å²) in [5, 5.41) is 18.5. The van der Waals surface area contributed by atoms with E-state index in [-0.39, 0.29) is 52.6 Å². The average molecular weight is 613 g/mol. The number of ketones is 1. The molecule has 0 unspecified atom stereocenters. The number of nitrogens with one attached hydrogen (secondary N) is 1. The lowest BCUT2D eigenvalue weighted by molar-refractivity contribution is -0.115. The lowest BCUT2D eigenvalue weighted by Gasteiger charge is -2.17. The molecule has 2 atom stereocenters. The van der Waals surface area contributed by atoms with Gasteiger partial charge < -0.3 is 10.4 Å². The van der Waals surface area contributed by atoms with Crippen molar-refractivity contribution in [2.45, 2.75) is 50.9 Å². The summed E-state index contributed by atoms with van der Waals surface area (Å²) >= 11 is 6.53. The van der Waals surface area contributed by atoms with Crippen molar-refractivity contribution in [1.29, 1.82) is 0 Å². The van der Waals surface area contributed by atoms with Crippen LogP contribution in [0, 0.1) is 17.5 Å². The maximum Gasteiger partial charge on any atom is 0.355 e. The quantitative estimate of drug-likeness (QED) is 0.300. The Hall–Kier alpha value is -4.49. The van der Waals surface area contributed by atoms with Crippen molar-refractivity contribution in [3.63, 3.8) is 0 Å². The Labute approximate surface area is 246 Å². The third kappa shape index (κ3) is 5.53. The molecule has 0 amide bonds. The van der Waals surface area contributed by atoms with Gasteiger partial charge in [0.25, 0.3) is 0 Å². The van der Waals surface area contributed by atoms with Gasteiger partial charge >= 0.3 is 11.4 Å². The van der Waals surface area contributed by atoms with Crippen LogP contribution in [0.1, 0.15) is 37.3 Å². The molecule has 43 heavy (non-hydrogen) atoms. The maximum absolute atomic E-state index is 14.0. The van der Waals surface area contributed by atoms with Crippen LogP contribution in [0.2, 0.25) is 5.02 Å². The van der Waals surface area contributed by atoms with E-state index in [0.717, 1.165) is 34.1 Å². The number of fused-ring (bicyclic) bond motifs is 1. The molecule has 2 aliphatic carbocycles. The Morgan fingerprint density at radius 2 is 1.79 bits per heavy atom. The highest BCUT2D eigenvalue weighted by Crippen LogP contribution is 2.34. The van der Waals surface area contributed by atoms with Gasteiger partial charge in [-0.05, 0) is 49.1 Å². The molecular weight excluding hydrogens is 589 g/mol. The molecule has 10 nitrogen and oxygen atoms in total. The Morgan fingerprint density at radius 3 is 2.49 bits per heavy atom. The van der Waals surface area contributed by atoms with Gasteiger partial charge in [-0.3, -0.25) is 14.0 Å². The topological polar surface area (TPSA) is 124 Å². The van der Waals surface area contributed by atoms with Crippen molar-refractivity contribution in [2.75, 3.05) is 5.32 Å². The van der Waals surface area contributed by atoms with E-state index in [1.807, 2.05) is 0 Å². The van der Waals surface area contributed by atoms with Crippen molar-refractivity contribution in [3.8, 4) is 0 Å². The van der Waals surface area contributed by atoms with Gasteiger partial charge in [0, 0.05) is 23.6 Å². The van der Waals surface area contributed by atoms with Crippen molar-refractivity contribution < 1.29 is 23.1 Å². The van der Waals surface area contributed by atoms with Crippen molar-refractivity contribution in [3.05, 3.63) is 103 Å². The first-order chi connectivity index (χ1) is 20.6. The third-order valence-electron chi connectivity index (χ3n) is 7.60. The molecule has 2 heterocycles. The number of hydrogen-bond acceptors (Lipinski definition) is 7. The number of rotatable bonds is 7. The molecule has 0 bridgehead atoms. The first-order valence-electron chi connectivity index (χ1n) is 13.5. The monoisotopic (exact) mass is 612 g/mol. The highest BCUT2D eigenvalue weighted by Gasteiger charge is 2.28. The molecule has 0 aliphatic heterocycles. The number of aliphatic hydroxyl groups excluding tert-OH is 1. The summed E-state index contributed by atoms with van der Waals surface area (Å²) in [5.41, 5.74) is -1.05. The van der Waals surface area contributed by atoms with Crippen molar-refractivity contribution in [2.24, 2.45) is 0 Å². The molecule has 14 heteroatoms. The minimum atomic E-state index is -1.67. The zero-order chi connectivity index (χ0) is 30.4. The number of anilines is 2. The number of benzene rings is 2. The maximum atomic E-state index is 14.0. The van der Waals surface area contributed by atoms with Crippen LogP contribution in [-0.4, -0.2) is 40.9 Å². The van der Waals surface area contributed by atoms with Crippen LogP contribution in [0.5, 0.6) is 0 Å². The molecule has 1 fully saturated rings. The van der Waals surface area contributed by atoms with Gasteiger partial charge in [0.05, 0.1) is 41.5 Å². The number of allylic oxidation sites excluding steroid dienone is 4. The molecule has 2 aromatic heterocycles. The predicted molar refractivity (Wildman–Crippen MR) is 152 cm³/mol. The molecule has 2 aliphatic rings. The molecule has 0 spiro atoms. The zero-order valence-electron chi connectivity index (χ0n) is 22.4. The number of Topliss-reactive ketones (excluding diaryl/α,β-unsaturated/α-hetero) is 1. The van der Waals surface area contributed by atoms with Gasteiger partial charge in [0.1, 0.15) is 0 Å². The van der Waals surface area contributed by atoms with E-state index in [2.05, 4.69) is 15.4 Å². The molecule has 0 saturated heterocycles. The molecule has 2 N–H and O–H groups in total. The normalized spacial score (nSPS) is 18.4. The summed E-state index contributed by atoms with van der Waals surface area (Å²) in [6.45, 7) is -0.883. The second kappa shape index (κ2) is 11.3. The van der Waals surface area contributed by atoms with E-state index < -0.39 is 41.5 Å². The Morgan fingerprint density at radius 1 is 1.02 bits per heavy atom. The molecule has 2 aromatic carbocycles. The fraction of sp³-hybridized carbons (Fsp3) is 0.276. The summed E-state index contributed by atoms with van der Waals surface area (Å²) in [5.74, 6) is -5.17. The number of aliphatic hydroxyl groups is 1. The zero-order valence-corrected chi connectivity index (χ0v) is 23.2. The minimum absolute atomic E-state index is 0.104. The first kappa shape index (κ1) is 28.6. The Bertz CT molecular complexity index is 1940. The van der Waals surface area contributed by atoms with Crippen LogP contribution in [-0.2, 0) is 17.9 Å². The van der Waals surface area contributed by atoms with Gasteiger partial charge in [0.15, 0.2) is 23.2 Å². The fourth-order valence-corrected chi connectivity index (χ4v) is 5.57. The van der Waals surface area contributed by atoms with E-state index in [9.17, 15) is 32.7 Å². The number of aromatic nitrogens is 5. The van der Waals surface area contributed by atoms with Gasteiger partial charge in [-0.25, -0.2) is 27.3 Å². The number of hydrogen-bond donors (Lipinski definition) is 2. The first-order valence-corrected chi connectivity index (χ1v) is 13.8. The largest absolute Gasteiger partial charge is 0.391 e. The molecule has 0 radical (unpaired) electrons. The second-order valence-electron chi connectivity index (χ2n) is 10.5. The number of halogens is 4. The Kier molecular flexibility index (Phi) is 7.52. The van der Waals surface area contributed by atoms with Crippen LogP contribution in [0.15, 0.2) is 63.9 Å². The van der Waals surface area contributed by atoms with Crippen LogP contribution >= 0.6 is 11.6 Å². The Balaban J connectivity index is 1.43. The van der Waals surface area contributed by atoms with Gasteiger partial charge in [-0.15, -0.1) is 0 Å². The summed E-state index contributed by atoms with van der Waals surface area (Å²) in [6, 6.07) is 4.47. The molecular formula is C29H24ClF3N6O4. The molecule has 6 rings (SSSR count). The van der Waals surface area contributed by atoms with Crippen LogP contribution < -0.4 is 16.7 Å².